The van der Waals surface area contributed by atoms with Gasteiger partial charge in [0.1, 0.15) is 11.7 Å². The highest BCUT2D eigenvalue weighted by molar-refractivity contribution is 5.65. The number of aliphatic hydroxyl groups is 1. The van der Waals surface area contributed by atoms with E-state index in [2.05, 4.69) is 23.1 Å². The second kappa shape index (κ2) is 5.32. The number of phenolic OH excluding ortho intramolecular Hbond substituents is 1. The van der Waals surface area contributed by atoms with Crippen LogP contribution in [0.4, 0.5) is 0 Å². The van der Waals surface area contributed by atoms with Crippen molar-refractivity contribution in [3.63, 3.8) is 0 Å². The van der Waals surface area contributed by atoms with Crippen LogP contribution in [0.1, 0.15) is 43.2 Å². The maximum atomic E-state index is 11.2. The SMILES string of the molecule is CO[C@]12C=C[C@@]3(C4Cc5ccc(O)c6c5[C@]3(CCN4CC3CC3)[C@H]1O6)[C@@H]1CC[C@@H](O)[C@@H]12. The molecule has 1 unspecified atom stereocenters. The van der Waals surface area contributed by atoms with Crippen molar-refractivity contribution < 1.29 is 19.7 Å². The normalized spacial score (nSPS) is 50.3. The molecule has 0 amide bonds. The number of likely N-dealkylation sites (tertiary alicyclic amines) is 1. The van der Waals surface area contributed by atoms with Crippen molar-refractivity contribution in [1.29, 1.82) is 0 Å². The molecule has 9 rings (SSSR count). The Labute approximate surface area is 183 Å². The highest BCUT2D eigenvalue weighted by Gasteiger charge is 2.83. The van der Waals surface area contributed by atoms with Gasteiger partial charge < -0.3 is 19.7 Å². The highest BCUT2D eigenvalue weighted by Crippen LogP contribution is 2.78. The summed E-state index contributed by atoms with van der Waals surface area (Å²) in [4.78, 5) is 2.80. The van der Waals surface area contributed by atoms with Gasteiger partial charge in [0.2, 0.25) is 0 Å². The van der Waals surface area contributed by atoms with Crippen LogP contribution in [0, 0.1) is 23.2 Å². The third kappa shape index (κ3) is 1.69. The van der Waals surface area contributed by atoms with Crippen molar-refractivity contribution in [2.75, 3.05) is 20.2 Å². The summed E-state index contributed by atoms with van der Waals surface area (Å²) in [5.41, 5.74) is 1.76. The van der Waals surface area contributed by atoms with Gasteiger partial charge in [-0.3, -0.25) is 4.90 Å². The Morgan fingerprint density at radius 2 is 2.06 bits per heavy atom. The summed E-state index contributed by atoms with van der Waals surface area (Å²) < 4.78 is 13.1. The summed E-state index contributed by atoms with van der Waals surface area (Å²) in [5.74, 6) is 2.26. The van der Waals surface area contributed by atoms with Crippen LogP contribution in [0.15, 0.2) is 24.3 Å². The Balaban J connectivity index is 1.44. The number of aromatic hydroxyl groups is 1. The number of hydrogen-bond acceptors (Lipinski definition) is 5. The Hall–Kier alpha value is -1.56. The highest BCUT2D eigenvalue weighted by atomic mass is 16.6. The standard InChI is InChI=1S/C26H31NO4/c1-30-26-9-8-24(16-5-7-17(28)21(16)26)19-12-15-4-6-18(29)22-20(15)25(24,23(26)31-22)10-11-27(19)13-14-2-3-14/h4,6,8-9,14,16-17,19,21,23,28-29H,2-3,5,7,10-13H2,1H3/t16-,17-,19?,21-,23-,24+,25-,26+/m1/s1. The molecule has 1 aromatic carbocycles. The van der Waals surface area contributed by atoms with Crippen molar-refractivity contribution in [2.45, 2.75) is 67.8 Å². The van der Waals surface area contributed by atoms with Crippen LogP contribution in [0.25, 0.3) is 0 Å². The van der Waals surface area contributed by atoms with Crippen LogP contribution in [0.2, 0.25) is 0 Å². The molecule has 164 valence electrons. The number of rotatable bonds is 3. The number of piperidine rings is 1. The smallest absolute Gasteiger partial charge is 0.165 e. The van der Waals surface area contributed by atoms with Crippen LogP contribution in [0.5, 0.6) is 11.5 Å². The average molecular weight is 422 g/mol. The fourth-order valence-electron chi connectivity index (χ4n) is 9.61. The molecular weight excluding hydrogens is 390 g/mol. The molecule has 6 aliphatic carbocycles. The maximum Gasteiger partial charge on any atom is 0.165 e. The minimum absolute atomic E-state index is 0.0563. The van der Waals surface area contributed by atoms with Crippen LogP contribution >= 0.6 is 0 Å². The molecule has 4 bridgehead atoms. The van der Waals surface area contributed by atoms with Gasteiger partial charge >= 0.3 is 0 Å². The van der Waals surface area contributed by atoms with E-state index >= 15 is 0 Å². The van der Waals surface area contributed by atoms with Crippen LogP contribution in [-0.2, 0) is 16.6 Å². The van der Waals surface area contributed by atoms with Gasteiger partial charge in [-0.15, -0.1) is 0 Å². The molecule has 0 radical (unpaired) electrons. The zero-order valence-electron chi connectivity index (χ0n) is 18.1. The molecule has 1 saturated heterocycles. The first-order chi connectivity index (χ1) is 15.1. The number of phenols is 1. The van der Waals surface area contributed by atoms with Crippen molar-refractivity contribution in [2.24, 2.45) is 23.2 Å². The second-order valence-electron chi connectivity index (χ2n) is 11.4. The number of ether oxygens (including phenoxy) is 2. The molecular formula is C26H31NO4. The molecule has 2 spiro atoms. The van der Waals surface area contributed by atoms with E-state index < -0.39 is 5.60 Å². The maximum absolute atomic E-state index is 11.2. The zero-order valence-corrected chi connectivity index (χ0v) is 18.1. The lowest BCUT2D eigenvalue weighted by Gasteiger charge is -2.73. The Morgan fingerprint density at radius 1 is 1.19 bits per heavy atom. The lowest BCUT2D eigenvalue weighted by atomic mass is 9.34. The van der Waals surface area contributed by atoms with E-state index in [1.165, 1.54) is 30.5 Å². The molecule has 8 aliphatic rings. The number of benzene rings is 1. The minimum Gasteiger partial charge on any atom is -0.504 e. The third-order valence-electron chi connectivity index (χ3n) is 10.7. The predicted molar refractivity (Wildman–Crippen MR) is 114 cm³/mol. The van der Waals surface area contributed by atoms with E-state index in [1.807, 2.05) is 6.07 Å². The van der Waals surface area contributed by atoms with E-state index in [9.17, 15) is 10.2 Å². The van der Waals surface area contributed by atoms with Gasteiger partial charge in [-0.05, 0) is 68.5 Å². The summed E-state index contributed by atoms with van der Waals surface area (Å²) >= 11 is 0. The number of nitrogens with zero attached hydrogens (tertiary/aromatic N) is 1. The van der Waals surface area contributed by atoms with E-state index in [1.54, 1.807) is 7.11 Å². The first-order valence-electron chi connectivity index (χ1n) is 12.3. The predicted octanol–water partition coefficient (Wildman–Crippen LogP) is 2.77. The quantitative estimate of drug-likeness (QED) is 0.735. The van der Waals surface area contributed by atoms with Crippen LogP contribution < -0.4 is 4.74 Å². The fraction of sp³-hybridized carbons (Fsp3) is 0.692. The van der Waals surface area contributed by atoms with Crippen LogP contribution in [0.3, 0.4) is 0 Å². The second-order valence-corrected chi connectivity index (χ2v) is 11.4. The molecule has 5 nitrogen and oxygen atoms in total. The molecule has 5 heteroatoms. The topological polar surface area (TPSA) is 62.2 Å². The van der Waals surface area contributed by atoms with E-state index in [0.29, 0.717) is 17.7 Å². The Bertz CT molecular complexity index is 1030. The first kappa shape index (κ1) is 17.9. The first-order valence-corrected chi connectivity index (χ1v) is 12.3. The number of aliphatic hydroxyl groups excluding tert-OH is 1. The van der Waals surface area contributed by atoms with Gasteiger partial charge in [0, 0.05) is 36.6 Å². The summed E-state index contributed by atoms with van der Waals surface area (Å²) in [6, 6.07) is 4.40. The zero-order chi connectivity index (χ0) is 20.8. The third-order valence-corrected chi connectivity index (χ3v) is 10.7. The van der Waals surface area contributed by atoms with Gasteiger partial charge in [0.05, 0.1) is 11.5 Å². The lowest BCUT2D eigenvalue weighted by Crippen LogP contribution is -2.82. The Morgan fingerprint density at radius 3 is 2.87 bits per heavy atom. The summed E-state index contributed by atoms with van der Waals surface area (Å²) in [5, 5.41) is 22.1. The summed E-state index contributed by atoms with van der Waals surface area (Å²) in [6.07, 6.45) is 10.9. The van der Waals surface area contributed by atoms with E-state index in [0.717, 1.165) is 38.1 Å². The van der Waals surface area contributed by atoms with Crippen molar-refractivity contribution in [3.05, 3.63) is 35.4 Å². The molecule has 1 aromatic rings. The van der Waals surface area contributed by atoms with Gasteiger partial charge in [-0.1, -0.05) is 18.2 Å². The molecule has 31 heavy (non-hydrogen) atoms. The van der Waals surface area contributed by atoms with Crippen molar-refractivity contribution in [1.82, 2.24) is 4.90 Å². The molecule has 3 saturated carbocycles. The molecule has 4 fully saturated rings. The molecule has 2 N–H and O–H groups in total. The van der Waals surface area contributed by atoms with Gasteiger partial charge in [0.25, 0.3) is 0 Å². The van der Waals surface area contributed by atoms with E-state index in [4.69, 9.17) is 9.47 Å². The summed E-state index contributed by atoms with van der Waals surface area (Å²) in [7, 11) is 1.79. The number of hydrogen-bond donors (Lipinski definition) is 2. The van der Waals surface area contributed by atoms with Gasteiger partial charge in [0.15, 0.2) is 11.5 Å². The molecule has 2 heterocycles. The van der Waals surface area contributed by atoms with Crippen molar-refractivity contribution in [3.8, 4) is 11.5 Å². The lowest BCUT2D eigenvalue weighted by molar-refractivity contribution is -0.248. The molecule has 2 aliphatic heterocycles. The minimum atomic E-state index is -0.633. The fourth-order valence-corrected chi connectivity index (χ4v) is 9.61. The van der Waals surface area contributed by atoms with Gasteiger partial charge in [-0.25, -0.2) is 0 Å². The van der Waals surface area contributed by atoms with E-state index in [-0.39, 0.29) is 34.7 Å². The van der Waals surface area contributed by atoms with Gasteiger partial charge in [-0.2, -0.15) is 0 Å². The molecule has 8 atom stereocenters. The number of methoxy groups -OCH3 is 1. The summed E-state index contributed by atoms with van der Waals surface area (Å²) in [6.45, 7) is 2.29. The van der Waals surface area contributed by atoms with Crippen LogP contribution in [-0.4, -0.2) is 59.2 Å². The molecule has 0 aromatic heterocycles. The van der Waals surface area contributed by atoms with Crippen molar-refractivity contribution >= 4 is 0 Å². The Kier molecular flexibility index (Phi) is 3.08. The monoisotopic (exact) mass is 421 g/mol. The largest absolute Gasteiger partial charge is 0.504 e. The average Bonchev–Trinajstić information content (AvgIpc) is 3.38.